The normalized spacial score (nSPS) is 14.3. The summed E-state index contributed by atoms with van der Waals surface area (Å²) in [6.07, 6.45) is 2.39. The highest BCUT2D eigenvalue weighted by Crippen LogP contribution is 2.36. The third-order valence-electron chi connectivity index (χ3n) is 5.86. The molecule has 1 fully saturated rings. The van der Waals surface area contributed by atoms with Crippen molar-refractivity contribution in [3.8, 4) is 17.6 Å². The minimum Gasteiger partial charge on any atom is -0.490 e. The summed E-state index contributed by atoms with van der Waals surface area (Å²) in [5.74, 6) is -0.0975. The lowest BCUT2D eigenvalue weighted by Gasteiger charge is -2.29. The number of hydrogen-bond donors (Lipinski definition) is 1. The molecule has 0 aliphatic carbocycles. The van der Waals surface area contributed by atoms with Gasteiger partial charge in [-0.2, -0.15) is 5.26 Å². The zero-order valence-electron chi connectivity index (χ0n) is 20.8. The van der Waals surface area contributed by atoms with Crippen molar-refractivity contribution in [2.24, 2.45) is 0 Å². The molecule has 3 aromatic carbocycles. The SMILES string of the molecule is CCOc1cc(/C=C2\C(=O)NC(=S)N(c3ccc(CC)cc3)C2=O)cc(I)c1OCc1ccccc1C#N. The minimum absolute atomic E-state index is 0.0346. The molecule has 192 valence electrons. The third-order valence-corrected chi connectivity index (χ3v) is 6.94. The Hall–Kier alpha value is -3.75. The molecule has 38 heavy (non-hydrogen) atoms. The maximum absolute atomic E-state index is 13.4. The van der Waals surface area contributed by atoms with Crippen LogP contribution in [0.3, 0.4) is 0 Å². The lowest BCUT2D eigenvalue weighted by Crippen LogP contribution is -2.54. The van der Waals surface area contributed by atoms with Crippen molar-refractivity contribution in [2.45, 2.75) is 26.9 Å². The van der Waals surface area contributed by atoms with E-state index in [-0.39, 0.29) is 17.3 Å². The van der Waals surface area contributed by atoms with Crippen molar-refractivity contribution < 1.29 is 19.1 Å². The summed E-state index contributed by atoms with van der Waals surface area (Å²) in [5, 5.41) is 12.0. The van der Waals surface area contributed by atoms with E-state index in [1.165, 1.54) is 11.0 Å². The van der Waals surface area contributed by atoms with Crippen molar-refractivity contribution in [1.29, 1.82) is 5.26 Å². The number of nitrogens with one attached hydrogen (secondary N) is 1. The first-order valence-corrected chi connectivity index (χ1v) is 13.4. The number of ether oxygens (including phenoxy) is 2. The monoisotopic (exact) mass is 637 g/mol. The van der Waals surface area contributed by atoms with Crippen molar-refractivity contribution >= 4 is 63.5 Å². The molecule has 3 aromatic rings. The minimum atomic E-state index is -0.567. The molecule has 0 unspecified atom stereocenters. The van der Waals surface area contributed by atoms with Gasteiger partial charge in [0.05, 0.1) is 27.5 Å². The Morgan fingerprint density at radius 2 is 1.82 bits per heavy atom. The zero-order valence-corrected chi connectivity index (χ0v) is 23.8. The summed E-state index contributed by atoms with van der Waals surface area (Å²) in [6.45, 7) is 4.47. The molecule has 1 aliphatic rings. The molecular weight excluding hydrogens is 613 g/mol. The topological polar surface area (TPSA) is 91.7 Å². The van der Waals surface area contributed by atoms with Gasteiger partial charge in [-0.25, -0.2) is 0 Å². The zero-order chi connectivity index (χ0) is 27.2. The standard InChI is InChI=1S/C29H24IN3O4S/c1-3-18-9-11-22(12-10-18)33-28(35)23(27(34)32-29(33)38)13-19-14-24(30)26(25(15-19)36-4-2)37-17-21-8-6-5-7-20(21)16-31/h5-15H,3-4,17H2,1-2H3,(H,32,34,38)/b23-13+. The van der Waals surface area contributed by atoms with Crippen molar-refractivity contribution in [3.63, 3.8) is 0 Å². The predicted molar refractivity (Wildman–Crippen MR) is 158 cm³/mol. The van der Waals surface area contributed by atoms with E-state index in [0.29, 0.717) is 34.9 Å². The number of amides is 2. The van der Waals surface area contributed by atoms with Gasteiger partial charge in [0.25, 0.3) is 11.8 Å². The molecule has 0 saturated carbocycles. The van der Waals surface area contributed by atoms with E-state index in [9.17, 15) is 14.9 Å². The fourth-order valence-electron chi connectivity index (χ4n) is 3.92. The molecule has 4 rings (SSSR count). The second-order valence-electron chi connectivity index (χ2n) is 8.30. The Morgan fingerprint density at radius 1 is 1.08 bits per heavy atom. The fourth-order valence-corrected chi connectivity index (χ4v) is 4.98. The Kier molecular flexibility index (Phi) is 8.76. The number of rotatable bonds is 8. The number of nitrogens with zero attached hydrogens (tertiary/aromatic N) is 2. The highest BCUT2D eigenvalue weighted by molar-refractivity contribution is 14.1. The first-order valence-electron chi connectivity index (χ1n) is 11.9. The molecule has 1 heterocycles. The van der Waals surface area contributed by atoms with Crippen LogP contribution in [0, 0.1) is 14.9 Å². The van der Waals surface area contributed by atoms with E-state index in [2.05, 4.69) is 34.0 Å². The largest absolute Gasteiger partial charge is 0.490 e. The quantitative estimate of drug-likeness (QED) is 0.151. The first-order chi connectivity index (χ1) is 18.4. The molecule has 1 N–H and O–H groups in total. The van der Waals surface area contributed by atoms with Crippen molar-refractivity contribution in [1.82, 2.24) is 5.32 Å². The summed E-state index contributed by atoms with van der Waals surface area (Å²) in [7, 11) is 0. The molecular formula is C29H24IN3O4S. The number of aryl methyl sites for hydroxylation is 1. The average molecular weight is 637 g/mol. The summed E-state index contributed by atoms with van der Waals surface area (Å²) >= 11 is 7.43. The predicted octanol–water partition coefficient (Wildman–Crippen LogP) is 5.53. The van der Waals surface area contributed by atoms with Crippen LogP contribution in [0.4, 0.5) is 5.69 Å². The molecule has 1 aliphatic heterocycles. The Labute approximate surface area is 240 Å². The van der Waals surface area contributed by atoms with Crippen molar-refractivity contribution in [2.75, 3.05) is 11.5 Å². The number of halogens is 1. The van der Waals surface area contributed by atoms with E-state index in [1.54, 1.807) is 24.3 Å². The van der Waals surface area contributed by atoms with Crippen LogP contribution in [0.5, 0.6) is 11.5 Å². The molecule has 0 atom stereocenters. The number of hydrogen-bond acceptors (Lipinski definition) is 6. The van der Waals surface area contributed by atoms with Crippen LogP contribution >= 0.6 is 34.8 Å². The van der Waals surface area contributed by atoms with Gasteiger partial charge in [0.15, 0.2) is 16.6 Å². The number of carbonyl (C=O) groups is 2. The van der Waals surface area contributed by atoms with Gasteiger partial charge in [0, 0.05) is 5.56 Å². The van der Waals surface area contributed by atoms with Crippen LogP contribution in [0.1, 0.15) is 36.1 Å². The smallest absolute Gasteiger partial charge is 0.270 e. The van der Waals surface area contributed by atoms with Gasteiger partial charge in [-0.1, -0.05) is 37.3 Å². The van der Waals surface area contributed by atoms with Crippen LogP contribution in [0.15, 0.2) is 66.2 Å². The first kappa shape index (κ1) is 27.3. The van der Waals surface area contributed by atoms with Gasteiger partial charge >= 0.3 is 0 Å². The molecule has 1 saturated heterocycles. The lowest BCUT2D eigenvalue weighted by atomic mass is 10.1. The van der Waals surface area contributed by atoms with Gasteiger partial charge in [0.2, 0.25) is 0 Å². The van der Waals surface area contributed by atoms with E-state index in [0.717, 1.165) is 21.1 Å². The van der Waals surface area contributed by atoms with Crippen LogP contribution in [-0.2, 0) is 22.6 Å². The van der Waals surface area contributed by atoms with Crippen molar-refractivity contribution in [3.05, 3.63) is 92.1 Å². The number of nitriles is 1. The maximum atomic E-state index is 13.4. The number of benzene rings is 3. The van der Waals surface area contributed by atoms with Gasteiger partial charge in [-0.15, -0.1) is 0 Å². The van der Waals surface area contributed by atoms with Crippen LogP contribution in [-0.4, -0.2) is 23.5 Å². The fraction of sp³-hybridized carbons (Fsp3) is 0.172. The summed E-state index contributed by atoms with van der Waals surface area (Å²) < 4.78 is 12.6. The third kappa shape index (κ3) is 5.87. The second kappa shape index (κ2) is 12.2. The molecule has 0 radical (unpaired) electrons. The number of carbonyl (C=O) groups excluding carboxylic acids is 2. The van der Waals surface area contributed by atoms with Crippen LogP contribution < -0.4 is 19.7 Å². The molecule has 9 heteroatoms. The molecule has 0 aromatic heterocycles. The average Bonchev–Trinajstić information content (AvgIpc) is 2.91. The Balaban J connectivity index is 1.66. The summed E-state index contributed by atoms with van der Waals surface area (Å²) in [4.78, 5) is 27.5. The van der Waals surface area contributed by atoms with Gasteiger partial charge in [-0.3, -0.25) is 19.8 Å². The second-order valence-corrected chi connectivity index (χ2v) is 9.85. The Morgan fingerprint density at radius 3 is 2.50 bits per heavy atom. The molecule has 7 nitrogen and oxygen atoms in total. The van der Waals surface area contributed by atoms with E-state index in [4.69, 9.17) is 21.7 Å². The molecule has 0 bridgehead atoms. The number of anilines is 1. The highest BCUT2D eigenvalue weighted by Gasteiger charge is 2.34. The Bertz CT molecular complexity index is 1480. The van der Waals surface area contributed by atoms with Gasteiger partial charge < -0.3 is 9.47 Å². The highest BCUT2D eigenvalue weighted by atomic mass is 127. The van der Waals surface area contributed by atoms with Gasteiger partial charge in [-0.05, 0) is 95.7 Å². The lowest BCUT2D eigenvalue weighted by molar-refractivity contribution is -0.122. The van der Waals surface area contributed by atoms with Gasteiger partial charge in [0.1, 0.15) is 12.2 Å². The summed E-state index contributed by atoms with van der Waals surface area (Å²) in [6, 6.07) is 20.4. The number of thiocarbonyl (C=S) groups is 1. The molecule has 2 amide bonds. The van der Waals surface area contributed by atoms with E-state index < -0.39 is 11.8 Å². The summed E-state index contributed by atoms with van der Waals surface area (Å²) in [5.41, 5.74) is 3.54. The van der Waals surface area contributed by atoms with E-state index in [1.807, 2.05) is 50.2 Å². The van der Waals surface area contributed by atoms with Crippen LogP contribution in [0.2, 0.25) is 0 Å². The van der Waals surface area contributed by atoms with E-state index >= 15 is 0 Å². The molecule has 0 spiro atoms. The maximum Gasteiger partial charge on any atom is 0.270 e. The van der Waals surface area contributed by atoms with Crippen LogP contribution in [0.25, 0.3) is 6.08 Å².